The summed E-state index contributed by atoms with van der Waals surface area (Å²) >= 11 is 0. The second kappa shape index (κ2) is 7.36. The minimum atomic E-state index is -1.37. The lowest BCUT2D eigenvalue weighted by Gasteiger charge is -2.20. The van der Waals surface area contributed by atoms with E-state index in [0.717, 1.165) is 12.8 Å². The summed E-state index contributed by atoms with van der Waals surface area (Å²) in [7, 11) is 0. The van der Waals surface area contributed by atoms with Gasteiger partial charge in [0.05, 0.1) is 5.60 Å². The summed E-state index contributed by atoms with van der Waals surface area (Å²) in [6.45, 7) is 7.12. The number of carbonyl (C=O) groups excluding carboxylic acids is 2. The SMILES string of the molecule is C/C1=C\CC[C@H](C)[C@@H](C)OC(=O)/C=C/[C@](C)(O)/C=C/C1=O. The zero-order valence-electron chi connectivity index (χ0n) is 13.1. The Labute approximate surface area is 126 Å². The van der Waals surface area contributed by atoms with Crippen LogP contribution in [-0.4, -0.2) is 28.6 Å². The first kappa shape index (κ1) is 17.4. The van der Waals surface area contributed by atoms with Crippen LogP contribution in [-0.2, 0) is 14.3 Å². The molecule has 4 heteroatoms. The van der Waals surface area contributed by atoms with Gasteiger partial charge >= 0.3 is 5.97 Å². The van der Waals surface area contributed by atoms with Crippen molar-refractivity contribution in [2.24, 2.45) is 5.92 Å². The number of aliphatic hydroxyl groups is 1. The smallest absolute Gasteiger partial charge is 0.330 e. The third-order valence-corrected chi connectivity index (χ3v) is 3.69. The third kappa shape index (κ3) is 6.08. The summed E-state index contributed by atoms with van der Waals surface area (Å²) in [4.78, 5) is 23.6. The number of cyclic esters (lactones) is 1. The van der Waals surface area contributed by atoms with Gasteiger partial charge in [-0.15, -0.1) is 0 Å². The summed E-state index contributed by atoms with van der Waals surface area (Å²) < 4.78 is 5.30. The van der Waals surface area contributed by atoms with Gasteiger partial charge in [-0.2, -0.15) is 0 Å². The number of ether oxygens (including phenoxy) is 1. The average molecular weight is 292 g/mol. The Morgan fingerprint density at radius 1 is 1.24 bits per heavy atom. The van der Waals surface area contributed by atoms with Crippen LogP contribution in [0.25, 0.3) is 0 Å². The molecule has 0 spiro atoms. The van der Waals surface area contributed by atoms with E-state index in [1.165, 1.54) is 31.2 Å². The second-order valence-corrected chi connectivity index (χ2v) is 5.84. The topological polar surface area (TPSA) is 63.6 Å². The molecule has 116 valence electrons. The van der Waals surface area contributed by atoms with Crippen LogP contribution in [0, 0.1) is 5.92 Å². The van der Waals surface area contributed by atoms with Crippen molar-refractivity contribution in [3.63, 3.8) is 0 Å². The Morgan fingerprint density at radius 2 is 1.86 bits per heavy atom. The minimum Gasteiger partial charge on any atom is -0.459 e. The molecule has 0 saturated heterocycles. The van der Waals surface area contributed by atoms with Gasteiger partial charge in [0.2, 0.25) is 0 Å². The molecule has 0 aromatic heterocycles. The monoisotopic (exact) mass is 292 g/mol. The molecule has 1 aliphatic heterocycles. The van der Waals surface area contributed by atoms with Crippen LogP contribution in [0.3, 0.4) is 0 Å². The predicted octanol–water partition coefficient (Wildman–Crippen LogP) is 2.73. The Morgan fingerprint density at radius 3 is 2.52 bits per heavy atom. The standard InChI is InChI=1S/C17H24O4/c1-12-6-5-7-13(2)15(18)8-10-17(4,20)11-9-16(19)21-14(12)3/h7-12,14,20H,5-6H2,1-4H3/b10-8+,11-9+,13-7+/t12-,14+,17+/m0/s1. The van der Waals surface area contributed by atoms with Crippen LogP contribution in [0.15, 0.2) is 36.0 Å². The Bertz CT molecular complexity index is 483. The molecule has 0 aromatic carbocycles. The first-order valence-corrected chi connectivity index (χ1v) is 7.24. The molecule has 1 heterocycles. The third-order valence-electron chi connectivity index (χ3n) is 3.69. The molecule has 4 nitrogen and oxygen atoms in total. The fraction of sp³-hybridized carbons (Fsp3) is 0.529. The van der Waals surface area contributed by atoms with E-state index in [1.807, 2.05) is 19.9 Å². The van der Waals surface area contributed by atoms with Crippen molar-refractivity contribution in [1.29, 1.82) is 0 Å². The quantitative estimate of drug-likeness (QED) is 0.697. The highest BCUT2D eigenvalue weighted by Gasteiger charge is 2.18. The maximum Gasteiger partial charge on any atom is 0.330 e. The van der Waals surface area contributed by atoms with Crippen LogP contribution in [0.5, 0.6) is 0 Å². The summed E-state index contributed by atoms with van der Waals surface area (Å²) in [5.74, 6) is -0.428. The Balaban J connectivity index is 3.01. The maximum atomic E-state index is 11.9. The zero-order valence-corrected chi connectivity index (χ0v) is 13.1. The summed E-state index contributed by atoms with van der Waals surface area (Å²) in [6.07, 6.45) is 8.48. The molecule has 1 N–H and O–H groups in total. The van der Waals surface area contributed by atoms with E-state index >= 15 is 0 Å². The maximum absolute atomic E-state index is 11.9. The van der Waals surface area contributed by atoms with E-state index in [4.69, 9.17) is 4.74 Å². The highest BCUT2D eigenvalue weighted by molar-refractivity contribution is 6.03. The van der Waals surface area contributed by atoms with Crippen molar-refractivity contribution in [3.05, 3.63) is 36.0 Å². The van der Waals surface area contributed by atoms with Gasteiger partial charge in [-0.05, 0) is 63.3 Å². The van der Waals surface area contributed by atoms with Gasteiger partial charge in [-0.25, -0.2) is 4.79 Å². The van der Waals surface area contributed by atoms with Gasteiger partial charge in [0.25, 0.3) is 0 Å². The molecule has 0 amide bonds. The number of hydrogen-bond acceptors (Lipinski definition) is 4. The van der Waals surface area contributed by atoms with Gasteiger partial charge in [-0.3, -0.25) is 4.79 Å². The minimum absolute atomic E-state index is 0.135. The fourth-order valence-corrected chi connectivity index (χ4v) is 1.90. The number of rotatable bonds is 0. The van der Waals surface area contributed by atoms with E-state index in [2.05, 4.69) is 0 Å². The van der Waals surface area contributed by atoms with Crippen molar-refractivity contribution in [2.45, 2.75) is 52.2 Å². The Hall–Kier alpha value is -1.68. The number of allylic oxidation sites excluding steroid dienone is 3. The number of carbonyl (C=O) groups is 2. The number of esters is 1. The van der Waals surface area contributed by atoms with Gasteiger partial charge in [0.15, 0.2) is 5.78 Å². The van der Waals surface area contributed by atoms with Crippen LogP contribution in [0.4, 0.5) is 0 Å². The van der Waals surface area contributed by atoms with Crippen molar-refractivity contribution in [2.75, 3.05) is 0 Å². The van der Waals surface area contributed by atoms with Crippen molar-refractivity contribution in [3.8, 4) is 0 Å². The van der Waals surface area contributed by atoms with E-state index in [9.17, 15) is 14.7 Å². The molecular weight excluding hydrogens is 268 g/mol. The van der Waals surface area contributed by atoms with Gasteiger partial charge < -0.3 is 9.84 Å². The molecule has 0 radical (unpaired) electrons. The fourth-order valence-electron chi connectivity index (χ4n) is 1.90. The van der Waals surface area contributed by atoms with Crippen molar-refractivity contribution in [1.82, 2.24) is 0 Å². The summed E-state index contributed by atoms with van der Waals surface area (Å²) in [6, 6.07) is 0. The van der Waals surface area contributed by atoms with Crippen molar-refractivity contribution >= 4 is 11.8 Å². The summed E-state index contributed by atoms with van der Waals surface area (Å²) in [5.41, 5.74) is -0.714. The molecule has 0 aromatic rings. The highest BCUT2D eigenvalue weighted by Crippen LogP contribution is 2.17. The normalized spacial score (nSPS) is 37.9. The van der Waals surface area contributed by atoms with Crippen LogP contribution >= 0.6 is 0 Å². The zero-order chi connectivity index (χ0) is 16.0. The summed E-state index contributed by atoms with van der Waals surface area (Å²) in [5, 5.41) is 10.1. The molecule has 0 fully saturated rings. The lowest BCUT2D eigenvalue weighted by molar-refractivity contribution is -0.144. The molecule has 0 saturated carbocycles. The van der Waals surface area contributed by atoms with Crippen LogP contribution in [0.2, 0.25) is 0 Å². The van der Waals surface area contributed by atoms with Crippen molar-refractivity contribution < 1.29 is 19.4 Å². The predicted molar refractivity (Wildman–Crippen MR) is 81.6 cm³/mol. The van der Waals surface area contributed by atoms with E-state index < -0.39 is 11.6 Å². The molecular formula is C17H24O4. The lowest BCUT2D eigenvalue weighted by atomic mass is 9.98. The molecule has 1 aliphatic rings. The molecule has 0 aliphatic carbocycles. The van der Waals surface area contributed by atoms with E-state index in [1.54, 1.807) is 6.92 Å². The van der Waals surface area contributed by atoms with E-state index in [0.29, 0.717) is 5.57 Å². The molecule has 1 rings (SSSR count). The molecule has 21 heavy (non-hydrogen) atoms. The van der Waals surface area contributed by atoms with Gasteiger partial charge in [0, 0.05) is 6.08 Å². The van der Waals surface area contributed by atoms with Gasteiger partial charge in [-0.1, -0.05) is 13.0 Å². The first-order chi connectivity index (χ1) is 9.71. The molecule has 0 unspecified atom stereocenters. The molecule has 3 atom stereocenters. The van der Waals surface area contributed by atoms with E-state index in [-0.39, 0.29) is 17.8 Å². The second-order valence-electron chi connectivity index (χ2n) is 5.84. The molecule has 0 bridgehead atoms. The largest absolute Gasteiger partial charge is 0.459 e. The van der Waals surface area contributed by atoms with Gasteiger partial charge in [0.1, 0.15) is 6.10 Å². The number of hydrogen-bond donors (Lipinski definition) is 1. The highest BCUT2D eigenvalue weighted by atomic mass is 16.5. The lowest BCUT2D eigenvalue weighted by Crippen LogP contribution is -2.23. The number of ketones is 1. The van der Waals surface area contributed by atoms with Crippen LogP contribution in [0.1, 0.15) is 40.5 Å². The Kier molecular flexibility index (Phi) is 6.09. The first-order valence-electron chi connectivity index (χ1n) is 7.24. The average Bonchev–Trinajstić information content (AvgIpc) is 2.41. The van der Waals surface area contributed by atoms with Crippen LogP contribution < -0.4 is 0 Å².